The third kappa shape index (κ3) is 7.98. The number of hydrogen-bond acceptors (Lipinski definition) is 2. The molecule has 5 heteroatoms. The Kier molecular flexibility index (Phi) is 14.2. The molecule has 0 aliphatic heterocycles. The first kappa shape index (κ1) is 25.4. The van der Waals surface area contributed by atoms with Gasteiger partial charge in [-0.25, -0.2) is 0 Å². The summed E-state index contributed by atoms with van der Waals surface area (Å²) in [5.74, 6) is -2.55. The van der Waals surface area contributed by atoms with Gasteiger partial charge in [-0.3, -0.25) is 9.59 Å². The summed E-state index contributed by atoms with van der Waals surface area (Å²) in [6.45, 7) is 2.21. The first-order chi connectivity index (χ1) is 12.1. The van der Waals surface area contributed by atoms with Crippen molar-refractivity contribution in [2.24, 2.45) is 0 Å². The Labute approximate surface area is 190 Å². The molecule has 0 amide bonds. The zero-order chi connectivity index (χ0) is 18.5. The third-order valence-electron chi connectivity index (χ3n) is 4.90. The van der Waals surface area contributed by atoms with Crippen LogP contribution in [0.2, 0.25) is 0 Å². The molecule has 144 valence electrons. The van der Waals surface area contributed by atoms with Crippen LogP contribution in [0.1, 0.15) is 86.0 Å². The van der Waals surface area contributed by atoms with Gasteiger partial charge in [0.2, 0.25) is 0 Å². The van der Waals surface area contributed by atoms with E-state index < -0.39 is 17.4 Å². The Bertz CT molecular complexity index is 512. The van der Waals surface area contributed by atoms with Gasteiger partial charge >= 0.3 is 49.7 Å². The van der Waals surface area contributed by atoms with Crippen LogP contribution < -0.4 is 0 Å². The van der Waals surface area contributed by atoms with Crippen LogP contribution in [0.4, 0.5) is 0 Å². The minimum Gasteiger partial charge on any atom is -1.00 e. The Morgan fingerprint density at radius 1 is 0.808 bits per heavy atom. The number of carboxylic acid groups (broad SMARTS) is 2. The van der Waals surface area contributed by atoms with Crippen molar-refractivity contribution >= 4 is 49.7 Å². The zero-order valence-corrected chi connectivity index (χ0v) is 18.3. The molecule has 1 aromatic rings. The molecule has 0 saturated heterocycles. The van der Waals surface area contributed by atoms with Gasteiger partial charge in [0.25, 0.3) is 0 Å². The quantitative estimate of drug-likeness (QED) is 0.258. The van der Waals surface area contributed by atoms with E-state index in [2.05, 4.69) is 6.92 Å². The third-order valence-corrected chi connectivity index (χ3v) is 4.90. The first-order valence-electron chi connectivity index (χ1n) is 9.58. The fourth-order valence-corrected chi connectivity index (χ4v) is 3.30. The molecule has 2 N–H and O–H groups in total. The van der Waals surface area contributed by atoms with Crippen LogP contribution in [0.25, 0.3) is 0 Å². The molecule has 0 aliphatic carbocycles. The number of benzene rings is 1. The average molecular weight is 391 g/mol. The van der Waals surface area contributed by atoms with Crippen molar-refractivity contribution < 1.29 is 22.7 Å². The summed E-state index contributed by atoms with van der Waals surface area (Å²) in [5, 5.41) is 19.2. The first-order valence-corrected chi connectivity index (χ1v) is 9.58. The van der Waals surface area contributed by atoms with Crippen molar-refractivity contribution in [1.29, 1.82) is 0 Å². The molecule has 0 fully saturated rings. The predicted molar refractivity (Wildman–Crippen MR) is 108 cm³/mol. The number of rotatable bonds is 14. The van der Waals surface area contributed by atoms with Crippen LogP contribution in [-0.4, -0.2) is 59.9 Å². The maximum absolute atomic E-state index is 11.8. The topological polar surface area (TPSA) is 74.6 Å². The minimum absolute atomic E-state index is 0. The summed E-state index contributed by atoms with van der Waals surface area (Å²) in [5.41, 5.74) is -1.48. The second kappa shape index (κ2) is 14.5. The van der Waals surface area contributed by atoms with Gasteiger partial charge < -0.3 is 13.1 Å². The van der Waals surface area contributed by atoms with Crippen LogP contribution >= 0.6 is 0 Å². The molecule has 0 bridgehead atoms. The number of carbonyl (C=O) groups is 2. The molecular formula is C21H34CaO4. The van der Waals surface area contributed by atoms with Crippen LogP contribution in [0.5, 0.6) is 0 Å². The van der Waals surface area contributed by atoms with E-state index in [0.717, 1.165) is 19.3 Å². The number of unbranched alkanes of at least 4 members (excludes halogenated alkanes) is 9. The SMILES string of the molecule is CCCCCCCCCCCCC(C(=O)O)(C(=O)O)c1ccccc1.[Ca+2].[H-].[H-]. The van der Waals surface area contributed by atoms with Crippen molar-refractivity contribution in [3.8, 4) is 0 Å². The van der Waals surface area contributed by atoms with Crippen molar-refractivity contribution in [3.63, 3.8) is 0 Å². The second-order valence-electron chi connectivity index (χ2n) is 6.81. The van der Waals surface area contributed by atoms with Crippen LogP contribution in [0, 0.1) is 0 Å². The summed E-state index contributed by atoms with van der Waals surface area (Å²) in [6.07, 6.45) is 11.5. The van der Waals surface area contributed by atoms with Crippen LogP contribution in [0.3, 0.4) is 0 Å². The molecule has 4 nitrogen and oxygen atoms in total. The summed E-state index contributed by atoms with van der Waals surface area (Å²) in [4.78, 5) is 23.5. The van der Waals surface area contributed by atoms with E-state index in [0.29, 0.717) is 12.0 Å². The normalized spacial score (nSPS) is 11.0. The van der Waals surface area contributed by atoms with E-state index in [4.69, 9.17) is 0 Å². The van der Waals surface area contributed by atoms with Crippen LogP contribution in [-0.2, 0) is 15.0 Å². The summed E-state index contributed by atoms with van der Waals surface area (Å²) in [7, 11) is 0. The standard InChI is InChI=1S/C21H32O4.Ca.2H/c1-2-3-4-5-6-7-8-9-10-14-17-21(19(22)23,20(24)25)18-15-12-11-13-16-18;;;/h11-13,15-16H,2-10,14,17H2,1H3,(H,22,23)(H,24,25);;;/q;+2;2*-1. The van der Waals surface area contributed by atoms with Gasteiger partial charge in [-0.2, -0.15) is 0 Å². The van der Waals surface area contributed by atoms with E-state index in [1.165, 1.54) is 38.5 Å². The molecule has 0 heterocycles. The van der Waals surface area contributed by atoms with E-state index in [1.807, 2.05) is 0 Å². The molecule has 0 saturated carbocycles. The maximum atomic E-state index is 11.8. The fourth-order valence-electron chi connectivity index (χ4n) is 3.30. The van der Waals surface area contributed by atoms with Gasteiger partial charge in [0.15, 0.2) is 5.41 Å². The number of aliphatic carboxylic acids is 2. The second-order valence-corrected chi connectivity index (χ2v) is 6.81. The van der Waals surface area contributed by atoms with Gasteiger partial charge in [0.1, 0.15) is 0 Å². The summed E-state index contributed by atoms with van der Waals surface area (Å²) < 4.78 is 0. The van der Waals surface area contributed by atoms with Crippen molar-refractivity contribution in [1.82, 2.24) is 0 Å². The van der Waals surface area contributed by atoms with Crippen molar-refractivity contribution in [2.45, 2.75) is 83.0 Å². The predicted octanol–water partition coefficient (Wildman–Crippen LogP) is 5.25. The van der Waals surface area contributed by atoms with Gasteiger partial charge in [-0.15, -0.1) is 0 Å². The van der Waals surface area contributed by atoms with Crippen LogP contribution in [0.15, 0.2) is 30.3 Å². The molecule has 0 radical (unpaired) electrons. The molecule has 1 rings (SSSR count). The Morgan fingerprint density at radius 3 is 1.65 bits per heavy atom. The van der Waals surface area contributed by atoms with Crippen molar-refractivity contribution in [3.05, 3.63) is 35.9 Å². The fraction of sp³-hybridized carbons (Fsp3) is 0.619. The van der Waals surface area contributed by atoms with E-state index in [-0.39, 0.29) is 47.0 Å². The molecule has 0 spiro atoms. The number of carboxylic acids is 2. The zero-order valence-electron chi connectivity index (χ0n) is 18.1. The average Bonchev–Trinajstić information content (AvgIpc) is 2.60. The smallest absolute Gasteiger partial charge is 1.00 e. The molecular weight excluding hydrogens is 356 g/mol. The summed E-state index contributed by atoms with van der Waals surface area (Å²) >= 11 is 0. The van der Waals surface area contributed by atoms with E-state index >= 15 is 0 Å². The number of hydrogen-bond donors (Lipinski definition) is 2. The molecule has 0 atom stereocenters. The van der Waals surface area contributed by atoms with Gasteiger partial charge in [-0.1, -0.05) is 101 Å². The molecule has 0 aromatic heterocycles. The Hall–Kier alpha value is -0.580. The maximum Gasteiger partial charge on any atom is 2.00 e. The molecule has 0 aliphatic rings. The van der Waals surface area contributed by atoms with Crippen molar-refractivity contribution in [2.75, 3.05) is 0 Å². The Morgan fingerprint density at radius 2 is 1.23 bits per heavy atom. The van der Waals surface area contributed by atoms with E-state index in [9.17, 15) is 19.8 Å². The van der Waals surface area contributed by atoms with E-state index in [1.54, 1.807) is 30.3 Å². The summed E-state index contributed by atoms with van der Waals surface area (Å²) in [6, 6.07) is 8.33. The largest absolute Gasteiger partial charge is 2.00 e. The molecule has 1 aromatic carbocycles. The molecule has 26 heavy (non-hydrogen) atoms. The Balaban J connectivity index is -0.00000208. The minimum atomic E-state index is -1.83. The monoisotopic (exact) mass is 390 g/mol. The molecule has 0 unspecified atom stereocenters. The van der Waals surface area contributed by atoms with Gasteiger partial charge in [0, 0.05) is 0 Å². The van der Waals surface area contributed by atoms with Gasteiger partial charge in [0.05, 0.1) is 0 Å². The van der Waals surface area contributed by atoms with Gasteiger partial charge in [-0.05, 0) is 12.0 Å².